The number of hydrogen-bond acceptors (Lipinski definition) is 2. The molecule has 0 aliphatic heterocycles. The molecule has 2 atom stereocenters. The zero-order valence-corrected chi connectivity index (χ0v) is 10.6. The normalized spacial score (nSPS) is 14.3. The first-order valence-electron chi connectivity index (χ1n) is 5.65. The Bertz CT molecular complexity index is 343. The van der Waals surface area contributed by atoms with Gasteiger partial charge >= 0.3 is 0 Å². The van der Waals surface area contributed by atoms with Crippen molar-refractivity contribution in [2.24, 2.45) is 0 Å². The first-order valence-corrected chi connectivity index (χ1v) is 6.64. The Kier molecular flexibility index (Phi) is 6.19. The summed E-state index contributed by atoms with van der Waals surface area (Å²) in [5, 5.41) is -0.0929. The molecule has 0 heterocycles. The maximum Gasteiger partial charge on any atom is 0.219 e. The van der Waals surface area contributed by atoms with Gasteiger partial charge in [0.25, 0.3) is 0 Å². The number of halogens is 2. The van der Waals surface area contributed by atoms with Gasteiger partial charge in [0.15, 0.2) is 0 Å². The van der Waals surface area contributed by atoms with Gasteiger partial charge in [0.05, 0.1) is 0 Å². The monoisotopic (exact) mass is 258 g/mol. The molecular formula is C13H16F2OS. The lowest BCUT2D eigenvalue weighted by Crippen LogP contribution is -2.17. The van der Waals surface area contributed by atoms with Crippen molar-refractivity contribution in [2.45, 2.75) is 32.1 Å². The number of hydrogen-bond donors (Lipinski definition) is 0. The molecule has 0 fully saturated rings. The standard InChI is InChI=1S/C13H16F2OS/c1-2-11(14)12(15)8-9-17-13(16)10-6-4-3-5-7-10/h3-7,11-12H,2,8-9H2,1H3. The molecule has 1 rings (SSSR count). The molecule has 2 unspecified atom stereocenters. The van der Waals surface area contributed by atoms with Crippen LogP contribution in [0, 0.1) is 0 Å². The fourth-order valence-corrected chi connectivity index (χ4v) is 2.19. The third kappa shape index (κ3) is 4.86. The van der Waals surface area contributed by atoms with E-state index in [2.05, 4.69) is 0 Å². The maximum absolute atomic E-state index is 13.2. The minimum absolute atomic E-state index is 0.0816. The van der Waals surface area contributed by atoms with E-state index in [1.54, 1.807) is 31.2 Å². The van der Waals surface area contributed by atoms with Crippen molar-refractivity contribution in [3.63, 3.8) is 0 Å². The second-order valence-corrected chi connectivity index (χ2v) is 4.80. The smallest absolute Gasteiger partial charge is 0.219 e. The SMILES string of the molecule is CCC(F)C(F)CCSC(=O)c1ccccc1. The van der Waals surface area contributed by atoms with Crippen LogP contribution in [0.2, 0.25) is 0 Å². The summed E-state index contributed by atoms with van der Waals surface area (Å²) in [5.41, 5.74) is 0.597. The molecule has 0 radical (unpaired) electrons. The second kappa shape index (κ2) is 7.43. The van der Waals surface area contributed by atoms with Crippen LogP contribution in [-0.2, 0) is 0 Å². The van der Waals surface area contributed by atoms with Crippen molar-refractivity contribution in [2.75, 3.05) is 5.75 Å². The number of carbonyl (C=O) groups excluding carboxylic acids is 1. The molecule has 1 nitrogen and oxygen atoms in total. The van der Waals surface area contributed by atoms with Gasteiger partial charge < -0.3 is 0 Å². The number of alkyl halides is 2. The van der Waals surface area contributed by atoms with Crippen LogP contribution in [0.25, 0.3) is 0 Å². The molecule has 0 N–H and O–H groups in total. The van der Waals surface area contributed by atoms with Crippen LogP contribution in [0.1, 0.15) is 30.1 Å². The lowest BCUT2D eigenvalue weighted by Gasteiger charge is -2.10. The van der Waals surface area contributed by atoms with Crippen LogP contribution in [-0.4, -0.2) is 23.2 Å². The van der Waals surface area contributed by atoms with Crippen LogP contribution in [0.5, 0.6) is 0 Å². The Morgan fingerprint density at radius 1 is 1.24 bits per heavy atom. The van der Waals surface area contributed by atoms with Crippen molar-refractivity contribution in [1.29, 1.82) is 0 Å². The summed E-state index contributed by atoms with van der Waals surface area (Å²) in [6.07, 6.45) is -2.62. The molecule has 1 aromatic carbocycles. The van der Waals surface area contributed by atoms with Gasteiger partial charge in [0.1, 0.15) is 12.3 Å². The molecule has 94 valence electrons. The molecule has 17 heavy (non-hydrogen) atoms. The van der Waals surface area contributed by atoms with Gasteiger partial charge in [-0.05, 0) is 12.8 Å². The Morgan fingerprint density at radius 3 is 2.47 bits per heavy atom. The van der Waals surface area contributed by atoms with Crippen LogP contribution in [0.3, 0.4) is 0 Å². The van der Waals surface area contributed by atoms with E-state index >= 15 is 0 Å². The number of benzene rings is 1. The summed E-state index contributed by atoms with van der Waals surface area (Å²) in [4.78, 5) is 11.6. The third-order valence-corrected chi connectivity index (χ3v) is 3.36. The van der Waals surface area contributed by atoms with Crippen molar-refractivity contribution >= 4 is 16.9 Å². The van der Waals surface area contributed by atoms with E-state index in [1.165, 1.54) is 0 Å². The largest absolute Gasteiger partial charge is 0.282 e. The molecule has 0 spiro atoms. The highest BCUT2D eigenvalue weighted by molar-refractivity contribution is 8.14. The van der Waals surface area contributed by atoms with Crippen molar-refractivity contribution in [3.8, 4) is 0 Å². The predicted octanol–water partition coefficient (Wildman–Crippen LogP) is 4.04. The molecule has 0 saturated heterocycles. The Labute approximate surface area is 105 Å². The second-order valence-electron chi connectivity index (χ2n) is 3.73. The molecule has 0 aliphatic carbocycles. The van der Waals surface area contributed by atoms with Gasteiger partial charge in [-0.2, -0.15) is 0 Å². The number of carbonyl (C=O) groups is 1. The minimum Gasteiger partial charge on any atom is -0.282 e. The maximum atomic E-state index is 13.2. The van der Waals surface area contributed by atoms with Crippen LogP contribution in [0.4, 0.5) is 8.78 Å². The first-order chi connectivity index (χ1) is 8.15. The number of rotatable bonds is 6. The topological polar surface area (TPSA) is 17.1 Å². The average molecular weight is 258 g/mol. The van der Waals surface area contributed by atoms with E-state index in [9.17, 15) is 13.6 Å². The van der Waals surface area contributed by atoms with Crippen molar-refractivity contribution in [3.05, 3.63) is 35.9 Å². The van der Waals surface area contributed by atoms with Crippen LogP contribution < -0.4 is 0 Å². The molecule has 0 amide bonds. The lowest BCUT2D eigenvalue weighted by molar-refractivity contribution is 0.108. The van der Waals surface area contributed by atoms with Gasteiger partial charge in [-0.25, -0.2) is 8.78 Å². The molecule has 4 heteroatoms. The zero-order valence-electron chi connectivity index (χ0n) is 9.74. The molecular weight excluding hydrogens is 242 g/mol. The van der Waals surface area contributed by atoms with Gasteiger partial charge in [0.2, 0.25) is 5.12 Å². The highest BCUT2D eigenvalue weighted by atomic mass is 32.2. The van der Waals surface area contributed by atoms with E-state index < -0.39 is 12.3 Å². The molecule has 0 aliphatic rings. The van der Waals surface area contributed by atoms with Gasteiger partial charge in [0, 0.05) is 11.3 Å². The quantitative estimate of drug-likeness (QED) is 0.766. The van der Waals surface area contributed by atoms with E-state index in [4.69, 9.17) is 0 Å². The Balaban J connectivity index is 2.30. The Morgan fingerprint density at radius 2 is 1.88 bits per heavy atom. The van der Waals surface area contributed by atoms with E-state index in [0.717, 1.165) is 11.8 Å². The van der Waals surface area contributed by atoms with E-state index in [0.29, 0.717) is 11.3 Å². The van der Waals surface area contributed by atoms with Crippen molar-refractivity contribution < 1.29 is 13.6 Å². The van der Waals surface area contributed by atoms with Crippen molar-refractivity contribution in [1.82, 2.24) is 0 Å². The summed E-state index contributed by atoms with van der Waals surface area (Å²) in [6.45, 7) is 1.61. The molecule has 1 aromatic rings. The zero-order chi connectivity index (χ0) is 12.7. The summed E-state index contributed by atoms with van der Waals surface area (Å²) < 4.78 is 26.1. The van der Waals surface area contributed by atoms with Crippen LogP contribution >= 0.6 is 11.8 Å². The fraction of sp³-hybridized carbons (Fsp3) is 0.462. The minimum atomic E-state index is -1.46. The predicted molar refractivity (Wildman–Crippen MR) is 67.9 cm³/mol. The van der Waals surface area contributed by atoms with Crippen LogP contribution in [0.15, 0.2) is 30.3 Å². The van der Waals surface area contributed by atoms with E-state index in [-0.39, 0.29) is 18.0 Å². The highest BCUT2D eigenvalue weighted by Crippen LogP contribution is 2.18. The average Bonchev–Trinajstić information content (AvgIpc) is 2.38. The van der Waals surface area contributed by atoms with E-state index in [1.807, 2.05) is 6.07 Å². The Hall–Kier alpha value is -0.900. The molecule has 0 bridgehead atoms. The first kappa shape index (κ1) is 14.2. The summed E-state index contributed by atoms with van der Waals surface area (Å²) in [6, 6.07) is 8.81. The summed E-state index contributed by atoms with van der Waals surface area (Å²) in [7, 11) is 0. The third-order valence-electron chi connectivity index (χ3n) is 2.42. The van der Waals surface area contributed by atoms with Gasteiger partial charge in [-0.15, -0.1) is 0 Å². The highest BCUT2D eigenvalue weighted by Gasteiger charge is 2.18. The fourth-order valence-electron chi connectivity index (χ4n) is 1.36. The summed E-state index contributed by atoms with van der Waals surface area (Å²) in [5.74, 6) is 0.315. The molecule has 0 saturated carbocycles. The lowest BCUT2D eigenvalue weighted by atomic mass is 10.1. The van der Waals surface area contributed by atoms with Gasteiger partial charge in [-0.1, -0.05) is 49.0 Å². The summed E-state index contributed by atoms with van der Waals surface area (Å²) >= 11 is 1.04. The molecule has 0 aromatic heterocycles. The van der Waals surface area contributed by atoms with Gasteiger partial charge in [-0.3, -0.25) is 4.79 Å². The number of thioether (sulfide) groups is 1.